The standard InChI is InChI=1S/C33H50BrNO4/c1-4-6-7-8-9-18-32(37)39-31-23-29-25(14-10-11-16-28(36)13-5-2)15-12-17-30(29)35(24(31)3)33(38)26-19-21-27(34)22-20-26/h9,18-22,24-25,28-31,36H,4-8,10-17,23H2,1-3H3/b18-9+/t24-,25-,28?,29-,30+,31+/m1/s1. The minimum atomic E-state index is -0.314. The zero-order valence-corrected chi connectivity index (χ0v) is 25.9. The van der Waals surface area contributed by atoms with Crippen molar-refractivity contribution in [3.05, 3.63) is 46.5 Å². The number of nitrogens with zero attached hydrogens (tertiary/aromatic N) is 1. The summed E-state index contributed by atoms with van der Waals surface area (Å²) in [7, 11) is 0. The maximum Gasteiger partial charge on any atom is 0.330 e. The quantitative estimate of drug-likeness (QED) is 0.132. The molecule has 5 nitrogen and oxygen atoms in total. The highest BCUT2D eigenvalue weighted by Crippen LogP contribution is 2.44. The van der Waals surface area contributed by atoms with Crippen LogP contribution in [0.4, 0.5) is 0 Å². The number of fused-ring (bicyclic) bond motifs is 1. The topological polar surface area (TPSA) is 66.8 Å². The van der Waals surface area contributed by atoms with Crippen LogP contribution < -0.4 is 0 Å². The summed E-state index contributed by atoms with van der Waals surface area (Å²) in [6, 6.07) is 7.58. The van der Waals surface area contributed by atoms with Gasteiger partial charge in [-0.05, 0) is 81.5 Å². The molecule has 0 bridgehead atoms. The smallest absolute Gasteiger partial charge is 0.330 e. The molecule has 1 heterocycles. The van der Waals surface area contributed by atoms with Crippen LogP contribution in [0.5, 0.6) is 0 Å². The van der Waals surface area contributed by atoms with Crippen LogP contribution in [0, 0.1) is 11.8 Å². The number of piperidine rings is 1. The highest BCUT2D eigenvalue weighted by atomic mass is 79.9. The summed E-state index contributed by atoms with van der Waals surface area (Å²) in [5.74, 6) is 0.561. The molecule has 1 N–H and O–H groups in total. The molecule has 2 aliphatic rings. The van der Waals surface area contributed by atoms with Crippen LogP contribution in [0.3, 0.4) is 0 Å². The Labute approximate surface area is 244 Å². The first-order valence-electron chi connectivity index (χ1n) is 15.5. The molecule has 1 saturated carbocycles. The first kappa shape index (κ1) is 31.9. The number of unbranched alkanes of at least 4 members (excludes halogenated alkanes) is 4. The normalized spacial score (nSPS) is 25.9. The van der Waals surface area contributed by atoms with E-state index in [1.165, 1.54) is 0 Å². The van der Waals surface area contributed by atoms with Crippen molar-refractivity contribution >= 4 is 27.8 Å². The minimum Gasteiger partial charge on any atom is -0.457 e. The number of amides is 1. The zero-order chi connectivity index (χ0) is 28.2. The molecule has 0 radical (unpaired) electrons. The van der Waals surface area contributed by atoms with E-state index in [2.05, 4.69) is 41.6 Å². The molecule has 1 unspecified atom stereocenters. The summed E-state index contributed by atoms with van der Waals surface area (Å²) in [4.78, 5) is 28.8. The number of hydrogen-bond donors (Lipinski definition) is 1. The number of aliphatic hydroxyl groups excluding tert-OH is 1. The van der Waals surface area contributed by atoms with Crippen LogP contribution >= 0.6 is 15.9 Å². The van der Waals surface area contributed by atoms with Gasteiger partial charge in [0.1, 0.15) is 6.10 Å². The Bertz CT molecular complexity index is 917. The Hall–Kier alpha value is -1.66. The van der Waals surface area contributed by atoms with E-state index >= 15 is 0 Å². The Morgan fingerprint density at radius 3 is 2.56 bits per heavy atom. The Morgan fingerprint density at radius 1 is 1.08 bits per heavy atom. The van der Waals surface area contributed by atoms with Gasteiger partial charge < -0.3 is 14.7 Å². The maximum absolute atomic E-state index is 13.9. The molecule has 2 fully saturated rings. The lowest BCUT2D eigenvalue weighted by Crippen LogP contribution is -2.61. The van der Waals surface area contributed by atoms with Gasteiger partial charge in [0.05, 0.1) is 12.1 Å². The van der Waals surface area contributed by atoms with Crippen molar-refractivity contribution in [1.29, 1.82) is 0 Å². The average Bonchev–Trinajstić information content (AvgIpc) is 2.92. The molecule has 6 heteroatoms. The third kappa shape index (κ3) is 9.45. The highest BCUT2D eigenvalue weighted by Gasteiger charge is 2.48. The van der Waals surface area contributed by atoms with Crippen molar-refractivity contribution < 1.29 is 19.4 Å². The number of benzene rings is 1. The molecule has 0 aromatic heterocycles. The molecule has 1 aromatic rings. The van der Waals surface area contributed by atoms with E-state index in [0.29, 0.717) is 17.4 Å². The fourth-order valence-corrected chi connectivity index (χ4v) is 6.96. The van der Waals surface area contributed by atoms with E-state index in [9.17, 15) is 14.7 Å². The first-order valence-corrected chi connectivity index (χ1v) is 16.3. The van der Waals surface area contributed by atoms with Gasteiger partial charge in [-0.2, -0.15) is 0 Å². The van der Waals surface area contributed by atoms with Gasteiger partial charge in [0.15, 0.2) is 0 Å². The largest absolute Gasteiger partial charge is 0.457 e. The Morgan fingerprint density at radius 2 is 1.85 bits per heavy atom. The summed E-state index contributed by atoms with van der Waals surface area (Å²) in [6.07, 6.45) is 17.4. The number of hydrogen-bond acceptors (Lipinski definition) is 4. The molecule has 0 spiro atoms. The fraction of sp³-hybridized carbons (Fsp3) is 0.697. The number of likely N-dealkylation sites (tertiary alicyclic amines) is 1. The number of allylic oxidation sites excluding steroid dienone is 1. The van der Waals surface area contributed by atoms with E-state index in [4.69, 9.17) is 4.74 Å². The average molecular weight is 605 g/mol. The number of carbonyl (C=O) groups is 2. The number of aliphatic hydroxyl groups is 1. The van der Waals surface area contributed by atoms with Gasteiger partial charge >= 0.3 is 5.97 Å². The summed E-state index contributed by atoms with van der Waals surface area (Å²) in [5, 5.41) is 10.1. The van der Waals surface area contributed by atoms with Crippen molar-refractivity contribution in [2.75, 3.05) is 0 Å². The van der Waals surface area contributed by atoms with Gasteiger partial charge in [-0.3, -0.25) is 4.79 Å². The third-order valence-corrected chi connectivity index (χ3v) is 9.35. The van der Waals surface area contributed by atoms with E-state index in [1.807, 2.05) is 30.3 Å². The van der Waals surface area contributed by atoms with E-state index < -0.39 is 0 Å². The monoisotopic (exact) mass is 603 g/mol. The first-order chi connectivity index (χ1) is 18.8. The maximum atomic E-state index is 13.9. The van der Waals surface area contributed by atoms with E-state index in [-0.39, 0.29) is 36.2 Å². The molecule has 39 heavy (non-hydrogen) atoms. The second-order valence-electron chi connectivity index (χ2n) is 11.7. The Kier molecular flexibility index (Phi) is 13.5. The fourth-order valence-electron chi connectivity index (χ4n) is 6.70. The molecule has 6 atom stereocenters. The Balaban J connectivity index is 1.74. The summed E-state index contributed by atoms with van der Waals surface area (Å²) in [6.45, 7) is 6.34. The van der Waals surface area contributed by atoms with Crippen molar-refractivity contribution in [2.24, 2.45) is 11.8 Å². The van der Waals surface area contributed by atoms with Crippen molar-refractivity contribution in [2.45, 2.75) is 135 Å². The van der Waals surface area contributed by atoms with Gasteiger partial charge in [0.25, 0.3) is 5.91 Å². The third-order valence-electron chi connectivity index (χ3n) is 8.82. The molecular formula is C33H50BrNO4. The van der Waals surface area contributed by atoms with Crippen molar-refractivity contribution in [1.82, 2.24) is 4.90 Å². The number of ether oxygens (including phenoxy) is 1. The van der Waals surface area contributed by atoms with Crippen LogP contribution in [0.1, 0.15) is 121 Å². The molecular weight excluding hydrogens is 554 g/mol. The second kappa shape index (κ2) is 16.6. The summed E-state index contributed by atoms with van der Waals surface area (Å²) < 4.78 is 7.01. The summed E-state index contributed by atoms with van der Waals surface area (Å²) in [5.41, 5.74) is 0.679. The van der Waals surface area contributed by atoms with Crippen molar-refractivity contribution in [3.63, 3.8) is 0 Å². The highest BCUT2D eigenvalue weighted by molar-refractivity contribution is 9.10. The SMILES string of the molecule is CCCCC/C=C/C(=O)O[C@H]1C[C@@H]2[C@H](CCCCC(O)CCC)CCC[C@@H]2N(C(=O)c2ccc(Br)cc2)[C@@H]1C. The van der Waals surface area contributed by atoms with Gasteiger partial charge in [0, 0.05) is 22.2 Å². The van der Waals surface area contributed by atoms with E-state index in [1.54, 1.807) is 6.08 Å². The van der Waals surface area contributed by atoms with Gasteiger partial charge in [-0.1, -0.05) is 87.2 Å². The molecule has 218 valence electrons. The van der Waals surface area contributed by atoms with Gasteiger partial charge in [0.2, 0.25) is 0 Å². The van der Waals surface area contributed by atoms with Crippen LogP contribution in [0.25, 0.3) is 0 Å². The molecule has 1 saturated heterocycles. The predicted molar refractivity (Wildman–Crippen MR) is 162 cm³/mol. The van der Waals surface area contributed by atoms with Crippen molar-refractivity contribution in [3.8, 4) is 0 Å². The van der Waals surface area contributed by atoms with Crippen LogP contribution in [-0.2, 0) is 9.53 Å². The molecule has 3 rings (SSSR count). The second-order valence-corrected chi connectivity index (χ2v) is 12.6. The lowest BCUT2D eigenvalue weighted by atomic mass is 9.67. The number of carbonyl (C=O) groups excluding carboxylic acids is 2. The molecule has 1 aliphatic carbocycles. The molecule has 1 amide bonds. The van der Waals surface area contributed by atoms with Crippen LogP contribution in [-0.4, -0.2) is 46.2 Å². The van der Waals surface area contributed by atoms with Gasteiger partial charge in [-0.25, -0.2) is 4.79 Å². The number of halogens is 1. The van der Waals surface area contributed by atoms with Gasteiger partial charge in [-0.15, -0.1) is 0 Å². The predicted octanol–water partition coefficient (Wildman–Crippen LogP) is 8.24. The lowest BCUT2D eigenvalue weighted by Gasteiger charge is -2.53. The minimum absolute atomic E-state index is 0.0317. The van der Waals surface area contributed by atoms with E-state index in [0.717, 1.165) is 94.4 Å². The number of esters is 1. The molecule has 1 aliphatic heterocycles. The zero-order valence-electron chi connectivity index (χ0n) is 24.3. The molecule has 1 aromatic carbocycles. The van der Waals surface area contributed by atoms with Crippen LogP contribution in [0.15, 0.2) is 40.9 Å². The van der Waals surface area contributed by atoms with Crippen LogP contribution in [0.2, 0.25) is 0 Å². The lowest BCUT2D eigenvalue weighted by molar-refractivity contribution is -0.153. The summed E-state index contributed by atoms with van der Waals surface area (Å²) >= 11 is 3.48. The number of rotatable bonds is 14.